The lowest BCUT2D eigenvalue weighted by Gasteiger charge is -2.39. The molecular formula is C18H30N2. The van der Waals surface area contributed by atoms with E-state index in [-0.39, 0.29) is 0 Å². The van der Waals surface area contributed by atoms with Crippen LogP contribution in [0.5, 0.6) is 0 Å². The maximum atomic E-state index is 3.78. The lowest BCUT2D eigenvalue weighted by molar-refractivity contribution is 0.221. The summed E-state index contributed by atoms with van der Waals surface area (Å²) in [6.45, 7) is 12.4. The molecule has 2 nitrogen and oxygen atoms in total. The number of hydrogen-bond acceptors (Lipinski definition) is 2. The smallest absolute Gasteiger partial charge is 0.0169 e. The Bertz CT molecular complexity index is 388. The molecule has 0 saturated heterocycles. The molecule has 0 aromatic heterocycles. The zero-order valence-electron chi connectivity index (χ0n) is 13.5. The number of benzene rings is 1. The van der Waals surface area contributed by atoms with Crippen molar-refractivity contribution in [2.24, 2.45) is 0 Å². The molecule has 0 heterocycles. The van der Waals surface area contributed by atoms with Crippen molar-refractivity contribution < 1.29 is 0 Å². The molecule has 1 aromatic rings. The first kappa shape index (κ1) is 15.5. The number of rotatable bonds is 7. The molecule has 2 heteroatoms. The van der Waals surface area contributed by atoms with Gasteiger partial charge in [-0.25, -0.2) is 0 Å². The minimum absolute atomic E-state index is 0.596. The highest BCUT2D eigenvalue weighted by Crippen LogP contribution is 2.37. The van der Waals surface area contributed by atoms with Crippen molar-refractivity contribution in [2.45, 2.75) is 58.5 Å². The quantitative estimate of drug-likeness (QED) is 0.818. The number of aryl methyl sites for hydroxylation is 1. The second-order valence-electron chi connectivity index (χ2n) is 6.33. The average Bonchev–Trinajstić information content (AvgIpc) is 2.41. The molecule has 1 aliphatic carbocycles. The van der Waals surface area contributed by atoms with E-state index >= 15 is 0 Å². The predicted molar refractivity (Wildman–Crippen MR) is 87.3 cm³/mol. The van der Waals surface area contributed by atoms with E-state index in [2.05, 4.69) is 62.2 Å². The van der Waals surface area contributed by atoms with Gasteiger partial charge in [0.05, 0.1) is 0 Å². The molecule has 1 unspecified atom stereocenters. The molecule has 1 aliphatic rings. The molecular weight excluding hydrogens is 244 g/mol. The van der Waals surface area contributed by atoms with E-state index in [4.69, 9.17) is 0 Å². The van der Waals surface area contributed by atoms with E-state index in [9.17, 15) is 0 Å². The van der Waals surface area contributed by atoms with Crippen molar-refractivity contribution in [1.29, 1.82) is 0 Å². The monoisotopic (exact) mass is 274 g/mol. The van der Waals surface area contributed by atoms with E-state index in [1.54, 1.807) is 0 Å². The molecule has 1 fully saturated rings. The van der Waals surface area contributed by atoms with Crippen molar-refractivity contribution in [2.75, 3.05) is 19.6 Å². The van der Waals surface area contributed by atoms with Gasteiger partial charge in [-0.15, -0.1) is 0 Å². The van der Waals surface area contributed by atoms with E-state index in [0.29, 0.717) is 12.1 Å². The summed E-state index contributed by atoms with van der Waals surface area (Å²) >= 11 is 0. The Morgan fingerprint density at radius 1 is 1.15 bits per heavy atom. The molecule has 2 rings (SSSR count). The number of hydrogen-bond donors (Lipinski definition) is 1. The summed E-state index contributed by atoms with van der Waals surface area (Å²) < 4.78 is 0. The Hall–Kier alpha value is -0.860. The van der Waals surface area contributed by atoms with E-state index < -0.39 is 0 Å². The summed E-state index contributed by atoms with van der Waals surface area (Å²) in [7, 11) is 0. The molecule has 0 spiro atoms. The zero-order chi connectivity index (χ0) is 14.5. The second kappa shape index (κ2) is 7.24. The van der Waals surface area contributed by atoms with Crippen LogP contribution in [0.3, 0.4) is 0 Å². The highest BCUT2D eigenvalue weighted by Gasteiger charge is 2.30. The van der Waals surface area contributed by atoms with Gasteiger partial charge in [-0.3, -0.25) is 0 Å². The summed E-state index contributed by atoms with van der Waals surface area (Å²) in [5, 5.41) is 3.78. The standard InChI is InChI=1S/C18H30N2/c1-5-20(6-2)13-15(4)19-18-11-17(12-18)16-9-7-14(3)8-10-16/h7-10,15,17-19H,5-6,11-13H2,1-4H3. The summed E-state index contributed by atoms with van der Waals surface area (Å²) in [5.74, 6) is 0.772. The molecule has 0 radical (unpaired) electrons. The van der Waals surface area contributed by atoms with Gasteiger partial charge in [-0.2, -0.15) is 0 Å². The molecule has 112 valence electrons. The maximum absolute atomic E-state index is 3.78. The van der Waals surface area contributed by atoms with Gasteiger partial charge in [0, 0.05) is 18.6 Å². The largest absolute Gasteiger partial charge is 0.310 e. The third kappa shape index (κ3) is 4.07. The second-order valence-corrected chi connectivity index (χ2v) is 6.33. The van der Waals surface area contributed by atoms with Crippen LogP contribution >= 0.6 is 0 Å². The molecule has 0 amide bonds. The van der Waals surface area contributed by atoms with Crippen LogP contribution in [0.1, 0.15) is 50.7 Å². The van der Waals surface area contributed by atoms with Crippen molar-refractivity contribution in [3.05, 3.63) is 35.4 Å². The Kier molecular flexibility index (Phi) is 5.62. The van der Waals surface area contributed by atoms with Gasteiger partial charge in [-0.05, 0) is 51.3 Å². The molecule has 1 saturated carbocycles. The van der Waals surface area contributed by atoms with Gasteiger partial charge in [0.25, 0.3) is 0 Å². The summed E-state index contributed by atoms with van der Waals surface area (Å²) in [4.78, 5) is 2.49. The normalized spacial score (nSPS) is 23.6. The predicted octanol–water partition coefficient (Wildman–Crippen LogP) is 3.56. The van der Waals surface area contributed by atoms with Gasteiger partial charge in [0.1, 0.15) is 0 Å². The number of nitrogens with one attached hydrogen (secondary N) is 1. The summed E-state index contributed by atoms with van der Waals surface area (Å²) in [6, 6.07) is 10.4. The molecule has 1 N–H and O–H groups in total. The fraction of sp³-hybridized carbons (Fsp3) is 0.667. The summed E-state index contributed by atoms with van der Waals surface area (Å²) in [5.41, 5.74) is 2.88. The van der Waals surface area contributed by atoms with Gasteiger partial charge in [-0.1, -0.05) is 43.7 Å². The Labute approximate surface area is 124 Å². The highest BCUT2D eigenvalue weighted by atomic mass is 15.1. The van der Waals surface area contributed by atoms with E-state index in [1.807, 2.05) is 0 Å². The fourth-order valence-corrected chi connectivity index (χ4v) is 3.19. The van der Waals surface area contributed by atoms with Crippen molar-refractivity contribution in [3.8, 4) is 0 Å². The van der Waals surface area contributed by atoms with Crippen LogP contribution in [0.25, 0.3) is 0 Å². The highest BCUT2D eigenvalue weighted by molar-refractivity contribution is 5.26. The third-order valence-electron chi connectivity index (χ3n) is 4.63. The van der Waals surface area contributed by atoms with Gasteiger partial charge >= 0.3 is 0 Å². The molecule has 1 atom stereocenters. The Morgan fingerprint density at radius 2 is 1.75 bits per heavy atom. The first-order valence-electron chi connectivity index (χ1n) is 8.17. The average molecular weight is 274 g/mol. The first-order valence-corrected chi connectivity index (χ1v) is 8.17. The van der Waals surface area contributed by atoms with Crippen LogP contribution in [0, 0.1) is 6.92 Å². The van der Waals surface area contributed by atoms with Crippen molar-refractivity contribution in [3.63, 3.8) is 0 Å². The Morgan fingerprint density at radius 3 is 2.30 bits per heavy atom. The molecule has 0 bridgehead atoms. The van der Waals surface area contributed by atoms with Crippen LogP contribution in [-0.4, -0.2) is 36.6 Å². The zero-order valence-corrected chi connectivity index (χ0v) is 13.5. The maximum Gasteiger partial charge on any atom is 0.0169 e. The van der Waals surface area contributed by atoms with Crippen molar-refractivity contribution >= 4 is 0 Å². The molecule has 0 aliphatic heterocycles. The van der Waals surface area contributed by atoms with Crippen LogP contribution in [0.2, 0.25) is 0 Å². The van der Waals surface area contributed by atoms with E-state index in [0.717, 1.165) is 19.0 Å². The minimum atomic E-state index is 0.596. The third-order valence-corrected chi connectivity index (χ3v) is 4.63. The Balaban J connectivity index is 1.72. The van der Waals surface area contributed by atoms with Crippen LogP contribution in [0.15, 0.2) is 24.3 Å². The SMILES string of the molecule is CCN(CC)CC(C)NC1CC(c2ccc(C)cc2)C1. The van der Waals surface area contributed by atoms with Crippen molar-refractivity contribution in [1.82, 2.24) is 10.2 Å². The molecule has 20 heavy (non-hydrogen) atoms. The first-order chi connectivity index (χ1) is 9.62. The summed E-state index contributed by atoms with van der Waals surface area (Å²) in [6.07, 6.45) is 2.59. The van der Waals surface area contributed by atoms with E-state index in [1.165, 1.54) is 30.5 Å². The van der Waals surface area contributed by atoms with Crippen LogP contribution < -0.4 is 5.32 Å². The lowest BCUT2D eigenvalue weighted by Crippen LogP contribution is -2.48. The fourth-order valence-electron chi connectivity index (χ4n) is 3.19. The number of likely N-dealkylation sites (N-methyl/N-ethyl adjacent to an activating group) is 1. The van der Waals surface area contributed by atoms with Gasteiger partial charge in [0.15, 0.2) is 0 Å². The lowest BCUT2D eigenvalue weighted by atomic mass is 9.75. The topological polar surface area (TPSA) is 15.3 Å². The minimum Gasteiger partial charge on any atom is -0.310 e. The number of nitrogens with zero attached hydrogens (tertiary/aromatic N) is 1. The van der Waals surface area contributed by atoms with Gasteiger partial charge in [0.2, 0.25) is 0 Å². The van der Waals surface area contributed by atoms with Crippen LogP contribution in [-0.2, 0) is 0 Å². The molecule has 1 aromatic carbocycles. The van der Waals surface area contributed by atoms with Crippen LogP contribution in [0.4, 0.5) is 0 Å². The van der Waals surface area contributed by atoms with Gasteiger partial charge < -0.3 is 10.2 Å².